The van der Waals surface area contributed by atoms with Gasteiger partial charge >= 0.3 is 0 Å². The van der Waals surface area contributed by atoms with Crippen molar-refractivity contribution in [3.8, 4) is 0 Å². The van der Waals surface area contributed by atoms with E-state index in [4.69, 9.17) is 11.6 Å². The van der Waals surface area contributed by atoms with Crippen molar-refractivity contribution in [3.63, 3.8) is 0 Å². The third kappa shape index (κ3) is 1.70. The minimum absolute atomic E-state index is 0.281. The van der Waals surface area contributed by atoms with Gasteiger partial charge in [0, 0.05) is 5.39 Å². The Hall–Kier alpha value is -1.15. The van der Waals surface area contributed by atoms with Crippen LogP contribution in [0.5, 0.6) is 0 Å². The zero-order chi connectivity index (χ0) is 11.0. The van der Waals surface area contributed by atoms with E-state index in [-0.39, 0.29) is 5.82 Å². The predicted octanol–water partition coefficient (Wildman–Crippen LogP) is 3.90. The minimum atomic E-state index is -0.281. The number of hydrogen-bond acceptors (Lipinski definition) is 1. The van der Waals surface area contributed by atoms with E-state index in [0.717, 1.165) is 17.4 Å². The predicted molar refractivity (Wildman–Crippen MR) is 60.8 cm³/mol. The Labute approximate surface area is 92.9 Å². The number of pyridine rings is 1. The molecule has 0 aliphatic rings. The fourth-order valence-electron chi connectivity index (χ4n) is 1.58. The summed E-state index contributed by atoms with van der Waals surface area (Å²) in [4.78, 5) is 4.10. The van der Waals surface area contributed by atoms with E-state index < -0.39 is 0 Å². The highest BCUT2D eigenvalue weighted by molar-refractivity contribution is 6.30. The molecular formula is C12H11ClFN. The van der Waals surface area contributed by atoms with Gasteiger partial charge in [0.2, 0.25) is 0 Å². The highest BCUT2D eigenvalue weighted by Crippen LogP contribution is 2.24. The van der Waals surface area contributed by atoms with Gasteiger partial charge in [-0.3, -0.25) is 0 Å². The van der Waals surface area contributed by atoms with Crippen LogP contribution in [0.15, 0.2) is 18.2 Å². The number of benzene rings is 1. The van der Waals surface area contributed by atoms with Crippen LogP contribution < -0.4 is 0 Å². The lowest BCUT2D eigenvalue weighted by Crippen LogP contribution is -1.92. The molecular weight excluding hydrogens is 213 g/mol. The Morgan fingerprint density at radius 1 is 1.40 bits per heavy atom. The Kier molecular flexibility index (Phi) is 2.61. The molecule has 0 unspecified atom stereocenters. The molecule has 15 heavy (non-hydrogen) atoms. The third-order valence-electron chi connectivity index (χ3n) is 2.53. The molecule has 1 nitrogen and oxygen atoms in total. The van der Waals surface area contributed by atoms with Crippen molar-refractivity contribution in [1.82, 2.24) is 4.98 Å². The molecule has 1 heterocycles. The summed E-state index contributed by atoms with van der Waals surface area (Å²) in [6.07, 6.45) is 0.803. The molecule has 0 saturated heterocycles. The van der Waals surface area contributed by atoms with Gasteiger partial charge in [0.15, 0.2) is 5.82 Å². The van der Waals surface area contributed by atoms with Gasteiger partial charge in [0.1, 0.15) is 10.7 Å². The van der Waals surface area contributed by atoms with Crippen molar-refractivity contribution in [2.75, 3.05) is 0 Å². The Morgan fingerprint density at radius 3 is 2.80 bits per heavy atom. The molecule has 0 amide bonds. The van der Waals surface area contributed by atoms with Crippen LogP contribution in [0, 0.1) is 12.7 Å². The summed E-state index contributed by atoms with van der Waals surface area (Å²) in [5.74, 6) is -0.281. The van der Waals surface area contributed by atoms with Gasteiger partial charge in [0.05, 0.1) is 0 Å². The van der Waals surface area contributed by atoms with Gasteiger partial charge in [0.25, 0.3) is 0 Å². The van der Waals surface area contributed by atoms with Crippen LogP contribution in [0.3, 0.4) is 0 Å². The first-order valence-corrected chi connectivity index (χ1v) is 5.25. The Balaban J connectivity index is 2.81. The summed E-state index contributed by atoms with van der Waals surface area (Å²) < 4.78 is 13.7. The standard InChI is InChI=1S/C12H11ClFN/c1-3-8-6-9-5-4-7(2)10(14)11(9)15-12(8)13/h4-6H,3H2,1-2H3. The molecule has 2 aromatic rings. The average molecular weight is 224 g/mol. The van der Waals surface area contributed by atoms with Crippen LogP contribution in [0.2, 0.25) is 5.15 Å². The minimum Gasteiger partial charge on any atom is -0.233 e. The molecule has 1 aromatic carbocycles. The molecule has 1 aromatic heterocycles. The molecule has 0 radical (unpaired) electrons. The highest BCUT2D eigenvalue weighted by atomic mass is 35.5. The molecule has 2 rings (SSSR count). The largest absolute Gasteiger partial charge is 0.233 e. The Bertz CT molecular complexity index is 523. The van der Waals surface area contributed by atoms with E-state index in [9.17, 15) is 4.39 Å². The molecule has 0 bridgehead atoms. The van der Waals surface area contributed by atoms with Crippen LogP contribution in [-0.2, 0) is 6.42 Å². The van der Waals surface area contributed by atoms with Gasteiger partial charge in [-0.05, 0) is 30.5 Å². The van der Waals surface area contributed by atoms with Gasteiger partial charge in [-0.1, -0.05) is 30.7 Å². The lowest BCUT2D eigenvalue weighted by atomic mass is 10.1. The molecule has 3 heteroatoms. The first kappa shape index (κ1) is 10.4. The first-order valence-electron chi connectivity index (χ1n) is 4.87. The fourth-order valence-corrected chi connectivity index (χ4v) is 1.85. The summed E-state index contributed by atoms with van der Waals surface area (Å²) in [7, 11) is 0. The summed E-state index contributed by atoms with van der Waals surface area (Å²) in [5, 5.41) is 1.20. The zero-order valence-electron chi connectivity index (χ0n) is 8.64. The van der Waals surface area contributed by atoms with Gasteiger partial charge in [-0.25, -0.2) is 9.37 Å². The van der Waals surface area contributed by atoms with Gasteiger partial charge in [-0.2, -0.15) is 0 Å². The van der Waals surface area contributed by atoms with Crippen molar-refractivity contribution in [3.05, 3.63) is 40.3 Å². The van der Waals surface area contributed by atoms with Crippen LogP contribution in [0.4, 0.5) is 4.39 Å². The van der Waals surface area contributed by atoms with Crippen LogP contribution in [0.25, 0.3) is 10.9 Å². The highest BCUT2D eigenvalue weighted by Gasteiger charge is 2.08. The molecule has 0 aliphatic heterocycles. The smallest absolute Gasteiger partial charge is 0.152 e. The molecule has 0 spiro atoms. The van der Waals surface area contributed by atoms with E-state index in [1.807, 2.05) is 19.1 Å². The number of hydrogen-bond donors (Lipinski definition) is 0. The second-order valence-electron chi connectivity index (χ2n) is 3.56. The fraction of sp³-hybridized carbons (Fsp3) is 0.250. The number of aryl methyl sites for hydroxylation is 2. The van der Waals surface area contributed by atoms with E-state index in [0.29, 0.717) is 16.2 Å². The number of rotatable bonds is 1. The lowest BCUT2D eigenvalue weighted by molar-refractivity contribution is 0.627. The molecule has 0 atom stereocenters. The van der Waals surface area contributed by atoms with Gasteiger partial charge in [-0.15, -0.1) is 0 Å². The summed E-state index contributed by atoms with van der Waals surface area (Å²) >= 11 is 5.95. The summed E-state index contributed by atoms with van der Waals surface area (Å²) in [6, 6.07) is 5.52. The second kappa shape index (κ2) is 3.78. The molecule has 0 fully saturated rings. The van der Waals surface area contributed by atoms with Gasteiger partial charge < -0.3 is 0 Å². The maximum Gasteiger partial charge on any atom is 0.152 e. The number of aromatic nitrogens is 1. The first-order chi connectivity index (χ1) is 7.13. The molecule has 0 saturated carbocycles. The third-order valence-corrected chi connectivity index (χ3v) is 2.85. The lowest BCUT2D eigenvalue weighted by Gasteiger charge is -2.05. The molecule has 78 valence electrons. The van der Waals surface area contributed by atoms with E-state index in [1.54, 1.807) is 13.0 Å². The van der Waals surface area contributed by atoms with Crippen molar-refractivity contribution in [2.24, 2.45) is 0 Å². The SMILES string of the molecule is CCc1cc2ccc(C)c(F)c2nc1Cl. The number of nitrogens with zero attached hydrogens (tertiary/aromatic N) is 1. The van der Waals surface area contributed by atoms with Crippen molar-refractivity contribution in [2.45, 2.75) is 20.3 Å². The van der Waals surface area contributed by atoms with E-state index >= 15 is 0 Å². The summed E-state index contributed by atoms with van der Waals surface area (Å²) in [5.41, 5.74) is 1.90. The van der Waals surface area contributed by atoms with E-state index in [1.165, 1.54) is 0 Å². The van der Waals surface area contributed by atoms with Crippen molar-refractivity contribution in [1.29, 1.82) is 0 Å². The maximum atomic E-state index is 13.7. The zero-order valence-corrected chi connectivity index (χ0v) is 9.40. The quantitative estimate of drug-likeness (QED) is 0.669. The van der Waals surface area contributed by atoms with Crippen molar-refractivity contribution >= 4 is 22.5 Å². The normalized spacial score (nSPS) is 10.9. The number of fused-ring (bicyclic) bond motifs is 1. The van der Waals surface area contributed by atoms with Crippen LogP contribution >= 0.6 is 11.6 Å². The molecule has 0 aliphatic carbocycles. The van der Waals surface area contributed by atoms with Crippen LogP contribution in [-0.4, -0.2) is 4.98 Å². The topological polar surface area (TPSA) is 12.9 Å². The van der Waals surface area contributed by atoms with Crippen LogP contribution in [0.1, 0.15) is 18.1 Å². The molecule has 0 N–H and O–H groups in total. The average Bonchev–Trinajstić information content (AvgIpc) is 2.24. The second-order valence-corrected chi connectivity index (χ2v) is 3.92. The van der Waals surface area contributed by atoms with Crippen molar-refractivity contribution < 1.29 is 4.39 Å². The van der Waals surface area contributed by atoms with E-state index in [2.05, 4.69) is 4.98 Å². The Morgan fingerprint density at radius 2 is 2.13 bits per heavy atom. The maximum absolute atomic E-state index is 13.7. The summed E-state index contributed by atoms with van der Waals surface area (Å²) in [6.45, 7) is 3.72. The number of halogens is 2. The monoisotopic (exact) mass is 223 g/mol.